The first-order valence-electron chi connectivity index (χ1n) is 8.50. The Morgan fingerprint density at radius 1 is 1.21 bits per heavy atom. The topological polar surface area (TPSA) is 97.0 Å². The molecule has 7 nitrogen and oxygen atoms in total. The number of fused-ring (bicyclic) bond motifs is 1. The lowest BCUT2D eigenvalue weighted by atomic mass is 10.2. The fourth-order valence-electron chi connectivity index (χ4n) is 2.74. The zero-order chi connectivity index (χ0) is 19.9. The maximum atomic E-state index is 12.3. The van der Waals surface area contributed by atoms with E-state index in [1.54, 1.807) is 40.6 Å². The molecule has 0 spiro atoms. The van der Waals surface area contributed by atoms with Gasteiger partial charge in [-0.2, -0.15) is 17.0 Å². The molecule has 0 unspecified atom stereocenters. The Bertz CT molecular complexity index is 1060. The van der Waals surface area contributed by atoms with E-state index in [9.17, 15) is 9.59 Å². The molecule has 0 radical (unpaired) electrons. The number of imidazole rings is 1. The lowest BCUT2D eigenvalue weighted by Crippen LogP contribution is -2.23. The van der Waals surface area contributed by atoms with Crippen molar-refractivity contribution in [3.05, 3.63) is 59.9 Å². The summed E-state index contributed by atoms with van der Waals surface area (Å²) in [6, 6.07) is 16.2. The largest absolute Gasteiger partial charge is 0.454 e. The first-order chi connectivity index (χ1) is 13.6. The molecule has 0 aliphatic rings. The second-order valence-corrected chi connectivity index (χ2v) is 6.77. The Balaban J connectivity index is 1.63. The van der Waals surface area contributed by atoms with Gasteiger partial charge < -0.3 is 14.6 Å². The van der Waals surface area contributed by atoms with Gasteiger partial charge in [0.1, 0.15) is 18.4 Å². The van der Waals surface area contributed by atoms with E-state index >= 15 is 0 Å². The second-order valence-electron chi connectivity index (χ2n) is 5.90. The van der Waals surface area contributed by atoms with Crippen molar-refractivity contribution in [2.75, 3.05) is 18.2 Å². The van der Waals surface area contributed by atoms with E-state index in [0.29, 0.717) is 17.0 Å². The van der Waals surface area contributed by atoms with Crippen LogP contribution in [0.1, 0.15) is 11.4 Å². The summed E-state index contributed by atoms with van der Waals surface area (Å²) < 4.78 is 6.92. The number of nitrogens with zero attached hydrogens (tertiary/aromatic N) is 3. The fraction of sp³-hybridized carbons (Fsp3) is 0.200. The molecule has 1 amide bonds. The summed E-state index contributed by atoms with van der Waals surface area (Å²) in [5, 5.41) is 11.6. The average molecular weight is 394 g/mol. The minimum atomic E-state index is -0.533. The molecule has 0 saturated carbocycles. The highest BCUT2D eigenvalue weighted by Gasteiger charge is 2.15. The molecule has 142 valence electrons. The smallest absolute Gasteiger partial charge is 0.326 e. The van der Waals surface area contributed by atoms with Crippen molar-refractivity contribution in [3.63, 3.8) is 0 Å². The Hall–Kier alpha value is -3.31. The van der Waals surface area contributed by atoms with E-state index in [4.69, 9.17) is 10.00 Å². The Morgan fingerprint density at radius 2 is 1.96 bits per heavy atom. The number of rotatable bonds is 7. The molecule has 0 fully saturated rings. The van der Waals surface area contributed by atoms with Crippen molar-refractivity contribution in [1.29, 1.82) is 5.26 Å². The number of esters is 1. The molecule has 0 aliphatic heterocycles. The van der Waals surface area contributed by atoms with Gasteiger partial charge in [-0.1, -0.05) is 24.3 Å². The van der Waals surface area contributed by atoms with Crippen LogP contribution in [0.4, 0.5) is 5.69 Å². The summed E-state index contributed by atoms with van der Waals surface area (Å²) in [5.41, 5.74) is 2.38. The van der Waals surface area contributed by atoms with E-state index < -0.39 is 18.5 Å². The summed E-state index contributed by atoms with van der Waals surface area (Å²) in [6.45, 7) is -0.457. The average Bonchev–Trinajstić information content (AvgIpc) is 3.04. The van der Waals surface area contributed by atoms with Gasteiger partial charge in [-0.25, -0.2) is 4.98 Å². The first-order valence-corrected chi connectivity index (χ1v) is 9.89. The summed E-state index contributed by atoms with van der Waals surface area (Å²) in [6.07, 6.45) is 1.96. The molecule has 0 atom stereocenters. The van der Waals surface area contributed by atoms with Crippen LogP contribution in [-0.4, -0.2) is 34.3 Å². The Morgan fingerprint density at radius 3 is 2.75 bits per heavy atom. The predicted molar refractivity (Wildman–Crippen MR) is 108 cm³/mol. The number of hydrogen-bond donors (Lipinski definition) is 1. The summed E-state index contributed by atoms with van der Waals surface area (Å²) in [7, 11) is 0. The van der Waals surface area contributed by atoms with Crippen molar-refractivity contribution in [1.82, 2.24) is 9.55 Å². The third-order valence-electron chi connectivity index (χ3n) is 3.98. The van der Waals surface area contributed by atoms with E-state index in [0.717, 1.165) is 16.9 Å². The van der Waals surface area contributed by atoms with Crippen molar-refractivity contribution in [2.45, 2.75) is 12.3 Å². The van der Waals surface area contributed by atoms with E-state index in [1.165, 1.54) is 0 Å². The van der Waals surface area contributed by atoms with Crippen LogP contribution in [-0.2, 0) is 26.6 Å². The molecular weight excluding hydrogens is 376 g/mol. The van der Waals surface area contributed by atoms with Crippen LogP contribution in [0.25, 0.3) is 11.0 Å². The van der Waals surface area contributed by atoms with Crippen LogP contribution in [0.5, 0.6) is 0 Å². The van der Waals surface area contributed by atoms with Gasteiger partial charge in [0.15, 0.2) is 6.61 Å². The van der Waals surface area contributed by atoms with Crippen LogP contribution >= 0.6 is 11.8 Å². The molecule has 1 N–H and O–H groups in total. The molecule has 2 aromatic carbocycles. The van der Waals surface area contributed by atoms with Crippen LogP contribution in [0.2, 0.25) is 0 Å². The van der Waals surface area contributed by atoms with E-state index in [2.05, 4.69) is 10.3 Å². The lowest BCUT2D eigenvalue weighted by Gasteiger charge is -2.10. The highest BCUT2D eigenvalue weighted by Crippen LogP contribution is 2.19. The number of nitrogens with one attached hydrogen (secondary N) is 1. The van der Waals surface area contributed by atoms with Gasteiger partial charge in [-0.15, -0.1) is 0 Å². The minimum absolute atomic E-state index is 0.0293. The highest BCUT2D eigenvalue weighted by molar-refractivity contribution is 7.97. The van der Waals surface area contributed by atoms with Crippen molar-refractivity contribution < 1.29 is 14.3 Å². The van der Waals surface area contributed by atoms with Gasteiger partial charge >= 0.3 is 5.97 Å². The van der Waals surface area contributed by atoms with Crippen LogP contribution < -0.4 is 5.32 Å². The quantitative estimate of drug-likeness (QED) is 0.619. The minimum Gasteiger partial charge on any atom is -0.454 e. The molecule has 0 bridgehead atoms. The molecule has 1 heterocycles. The normalized spacial score (nSPS) is 10.4. The number of carbonyl (C=O) groups is 2. The molecule has 8 heteroatoms. The van der Waals surface area contributed by atoms with Gasteiger partial charge in [0, 0.05) is 0 Å². The summed E-state index contributed by atoms with van der Waals surface area (Å²) >= 11 is 1.61. The van der Waals surface area contributed by atoms with Gasteiger partial charge in [-0.3, -0.25) is 9.59 Å². The van der Waals surface area contributed by atoms with Gasteiger partial charge in [-0.05, 0) is 30.5 Å². The monoisotopic (exact) mass is 394 g/mol. The number of thioether (sulfide) groups is 1. The highest BCUT2D eigenvalue weighted by atomic mass is 32.2. The molecule has 28 heavy (non-hydrogen) atoms. The third-order valence-corrected chi connectivity index (χ3v) is 4.53. The fourth-order valence-corrected chi connectivity index (χ4v) is 3.22. The number of benzene rings is 2. The number of hydrogen-bond acceptors (Lipinski definition) is 6. The predicted octanol–water partition coefficient (Wildman–Crippen LogP) is 2.95. The third kappa shape index (κ3) is 4.50. The second kappa shape index (κ2) is 9.06. The summed E-state index contributed by atoms with van der Waals surface area (Å²) in [5.74, 6) is 0.399. The number of ether oxygens (including phenoxy) is 1. The van der Waals surface area contributed by atoms with E-state index in [1.807, 2.05) is 36.6 Å². The number of amides is 1. The Kier molecular flexibility index (Phi) is 6.29. The molecular formula is C20H18N4O3S. The molecule has 3 aromatic rings. The maximum Gasteiger partial charge on any atom is 0.326 e. The van der Waals surface area contributed by atoms with Gasteiger partial charge in [0.05, 0.1) is 28.0 Å². The van der Waals surface area contributed by atoms with E-state index in [-0.39, 0.29) is 6.54 Å². The number of nitriles is 1. The number of anilines is 1. The first kappa shape index (κ1) is 19.5. The van der Waals surface area contributed by atoms with Crippen molar-refractivity contribution >= 4 is 40.4 Å². The number of aromatic nitrogens is 2. The number of para-hydroxylation sites is 3. The SMILES string of the molecule is CSCc1nc2ccccc2n1CC(=O)OCC(=O)Nc1ccccc1C#N. The molecule has 3 rings (SSSR count). The molecule has 1 aromatic heterocycles. The molecule has 0 saturated heterocycles. The van der Waals surface area contributed by atoms with Crippen LogP contribution in [0, 0.1) is 11.3 Å². The molecule has 0 aliphatic carbocycles. The number of carbonyl (C=O) groups excluding carboxylic acids is 2. The van der Waals surface area contributed by atoms with Gasteiger partial charge in [0.2, 0.25) is 0 Å². The zero-order valence-corrected chi connectivity index (χ0v) is 16.0. The lowest BCUT2D eigenvalue weighted by molar-refractivity contribution is -0.147. The maximum absolute atomic E-state index is 12.3. The zero-order valence-electron chi connectivity index (χ0n) is 15.2. The van der Waals surface area contributed by atoms with Crippen LogP contribution in [0.15, 0.2) is 48.5 Å². The van der Waals surface area contributed by atoms with Crippen LogP contribution in [0.3, 0.4) is 0 Å². The summed E-state index contributed by atoms with van der Waals surface area (Å²) in [4.78, 5) is 28.9. The van der Waals surface area contributed by atoms with Gasteiger partial charge in [0.25, 0.3) is 5.91 Å². The van der Waals surface area contributed by atoms with Crippen molar-refractivity contribution in [3.8, 4) is 6.07 Å². The standard InChI is InChI=1S/C20H18N4O3S/c1-28-13-18-22-16-8-4-5-9-17(16)24(18)11-20(26)27-12-19(25)23-15-7-3-2-6-14(15)10-21/h2-9H,11-13H2,1H3,(H,23,25). The van der Waals surface area contributed by atoms with Crippen molar-refractivity contribution in [2.24, 2.45) is 0 Å². The Labute approximate surface area is 166 Å².